The number of benzene rings is 1. The number of carboxylic acids is 1. The average molecular weight is 398 g/mol. The number of sulfonamides is 1. The summed E-state index contributed by atoms with van der Waals surface area (Å²) >= 11 is 0. The van der Waals surface area contributed by atoms with Crippen molar-refractivity contribution in [3.63, 3.8) is 0 Å². The Labute approximate surface area is 159 Å². The van der Waals surface area contributed by atoms with Gasteiger partial charge in [-0.1, -0.05) is 18.6 Å². The molecule has 2 rings (SSSR count). The van der Waals surface area contributed by atoms with Crippen LogP contribution >= 0.6 is 0 Å². The highest BCUT2D eigenvalue weighted by molar-refractivity contribution is 7.89. The van der Waals surface area contributed by atoms with Gasteiger partial charge in [0.2, 0.25) is 15.9 Å². The molecule has 1 aromatic carbocycles. The summed E-state index contributed by atoms with van der Waals surface area (Å²) in [6.07, 6.45) is 2.71. The van der Waals surface area contributed by atoms with Gasteiger partial charge >= 0.3 is 5.97 Å². The van der Waals surface area contributed by atoms with E-state index in [9.17, 15) is 23.1 Å². The van der Waals surface area contributed by atoms with Crippen LogP contribution in [-0.4, -0.2) is 62.1 Å². The van der Waals surface area contributed by atoms with Crippen LogP contribution in [0.2, 0.25) is 0 Å². The minimum absolute atomic E-state index is 0.0589. The van der Waals surface area contributed by atoms with Crippen molar-refractivity contribution >= 4 is 21.9 Å². The number of hydrogen-bond acceptors (Lipinski definition) is 5. The Morgan fingerprint density at radius 1 is 1.19 bits per heavy atom. The van der Waals surface area contributed by atoms with Gasteiger partial charge in [0.05, 0.1) is 17.9 Å². The molecule has 1 atom stereocenters. The summed E-state index contributed by atoms with van der Waals surface area (Å²) in [5.74, 6) is -1.68. The molecule has 1 aliphatic heterocycles. The Kier molecular flexibility index (Phi) is 6.96. The first-order chi connectivity index (χ1) is 12.7. The van der Waals surface area contributed by atoms with E-state index in [0.29, 0.717) is 18.7 Å². The highest BCUT2D eigenvalue weighted by Crippen LogP contribution is 2.21. The van der Waals surface area contributed by atoms with Gasteiger partial charge in [-0.15, -0.1) is 0 Å². The third-order valence-corrected chi connectivity index (χ3v) is 6.47. The number of nitrogens with zero attached hydrogens (tertiary/aromatic N) is 1. The van der Waals surface area contributed by atoms with Crippen molar-refractivity contribution in [2.24, 2.45) is 0 Å². The van der Waals surface area contributed by atoms with Crippen LogP contribution in [0.1, 0.15) is 31.7 Å². The number of amides is 1. The molecular weight excluding hydrogens is 372 g/mol. The van der Waals surface area contributed by atoms with Gasteiger partial charge in [-0.3, -0.25) is 4.79 Å². The fourth-order valence-corrected chi connectivity index (χ4v) is 4.53. The van der Waals surface area contributed by atoms with E-state index in [1.165, 1.54) is 30.5 Å². The lowest BCUT2D eigenvalue weighted by atomic mass is 10.0. The van der Waals surface area contributed by atoms with Gasteiger partial charge in [0, 0.05) is 20.2 Å². The maximum atomic E-state index is 12.6. The van der Waals surface area contributed by atoms with Gasteiger partial charge in [-0.2, -0.15) is 4.31 Å². The van der Waals surface area contributed by atoms with Crippen LogP contribution in [0.25, 0.3) is 0 Å². The molecule has 0 bridgehead atoms. The first kappa shape index (κ1) is 21.3. The molecule has 1 aliphatic rings. The maximum absolute atomic E-state index is 12.6. The number of ether oxygens (including phenoxy) is 1. The predicted octanol–water partition coefficient (Wildman–Crippen LogP) is 1.01. The lowest BCUT2D eigenvalue weighted by Gasteiger charge is -2.26. The highest BCUT2D eigenvalue weighted by atomic mass is 32.2. The third kappa shape index (κ3) is 5.27. The molecule has 1 heterocycles. The van der Waals surface area contributed by atoms with Crippen LogP contribution in [-0.2, 0) is 30.8 Å². The molecule has 0 spiro atoms. The molecule has 0 saturated carbocycles. The molecule has 1 fully saturated rings. The van der Waals surface area contributed by atoms with Crippen molar-refractivity contribution < 1.29 is 27.9 Å². The molecular formula is C18H26N2O6S. The molecule has 9 heteroatoms. The van der Waals surface area contributed by atoms with E-state index in [2.05, 4.69) is 5.32 Å². The minimum atomic E-state index is -3.52. The summed E-state index contributed by atoms with van der Waals surface area (Å²) in [7, 11) is -2.16. The third-order valence-electron chi connectivity index (χ3n) is 4.56. The van der Waals surface area contributed by atoms with E-state index in [0.717, 1.165) is 19.3 Å². The molecule has 0 aromatic heterocycles. The Bertz CT molecular complexity index is 772. The fourth-order valence-electron chi connectivity index (χ4n) is 3.01. The molecule has 0 radical (unpaired) electrons. The first-order valence-corrected chi connectivity index (χ1v) is 10.3. The summed E-state index contributed by atoms with van der Waals surface area (Å²) in [6.45, 7) is 2.26. The zero-order valence-electron chi connectivity index (χ0n) is 15.6. The normalized spacial score (nSPS) is 17.9. The van der Waals surface area contributed by atoms with Crippen molar-refractivity contribution in [3.05, 3.63) is 29.8 Å². The zero-order valence-corrected chi connectivity index (χ0v) is 16.4. The zero-order chi connectivity index (χ0) is 20.1. The van der Waals surface area contributed by atoms with E-state index in [1.807, 2.05) is 0 Å². The van der Waals surface area contributed by atoms with Crippen LogP contribution in [0.3, 0.4) is 0 Å². The lowest BCUT2D eigenvalue weighted by molar-refractivity contribution is -0.149. The molecule has 1 amide bonds. The largest absolute Gasteiger partial charge is 0.479 e. The van der Waals surface area contributed by atoms with Crippen molar-refractivity contribution in [2.45, 2.75) is 43.0 Å². The Morgan fingerprint density at radius 2 is 1.78 bits per heavy atom. The summed E-state index contributed by atoms with van der Waals surface area (Å²) in [4.78, 5) is 23.7. The molecule has 8 nitrogen and oxygen atoms in total. The van der Waals surface area contributed by atoms with Crippen LogP contribution in [0.4, 0.5) is 0 Å². The van der Waals surface area contributed by atoms with Gasteiger partial charge in [0.15, 0.2) is 5.54 Å². The number of carbonyl (C=O) groups is 2. The van der Waals surface area contributed by atoms with Gasteiger partial charge < -0.3 is 15.2 Å². The summed E-state index contributed by atoms with van der Waals surface area (Å²) in [5, 5.41) is 11.7. The Hall–Kier alpha value is -1.97. The minimum Gasteiger partial charge on any atom is -0.479 e. The second-order valence-electron chi connectivity index (χ2n) is 6.90. The van der Waals surface area contributed by atoms with E-state index in [1.54, 1.807) is 12.1 Å². The number of rotatable bonds is 8. The van der Waals surface area contributed by atoms with Crippen molar-refractivity contribution in [1.29, 1.82) is 0 Å². The Morgan fingerprint density at radius 3 is 2.30 bits per heavy atom. The van der Waals surface area contributed by atoms with Crippen molar-refractivity contribution in [2.75, 3.05) is 26.8 Å². The molecule has 1 saturated heterocycles. The smallest absolute Gasteiger partial charge is 0.331 e. The number of carbonyl (C=O) groups excluding carboxylic acids is 1. The van der Waals surface area contributed by atoms with Crippen LogP contribution < -0.4 is 5.32 Å². The second kappa shape index (κ2) is 8.81. The predicted molar refractivity (Wildman–Crippen MR) is 98.8 cm³/mol. The van der Waals surface area contributed by atoms with Gasteiger partial charge in [0.1, 0.15) is 0 Å². The summed E-state index contributed by atoms with van der Waals surface area (Å²) in [6, 6.07) is 6.12. The average Bonchev–Trinajstić information content (AvgIpc) is 2.63. The standard InChI is InChI=1S/C18H26N2O6S/c1-18(13-26-2,17(22)23)19-16(21)12-14-6-8-15(9-7-14)27(24,25)20-10-4-3-5-11-20/h6-9H,3-5,10-13H2,1-2H3,(H,19,21)(H,22,23). The summed E-state index contributed by atoms with van der Waals surface area (Å²) in [5.41, 5.74) is -0.932. The molecule has 1 unspecified atom stereocenters. The van der Waals surface area contributed by atoms with Crippen LogP contribution in [0.15, 0.2) is 29.2 Å². The number of hydrogen-bond donors (Lipinski definition) is 2. The molecule has 0 aliphatic carbocycles. The van der Waals surface area contributed by atoms with Gasteiger partial charge in [-0.25, -0.2) is 13.2 Å². The number of aliphatic carboxylic acids is 1. The maximum Gasteiger partial charge on any atom is 0.331 e. The van der Waals surface area contributed by atoms with Crippen molar-refractivity contribution in [1.82, 2.24) is 9.62 Å². The molecule has 1 aromatic rings. The quantitative estimate of drug-likeness (QED) is 0.676. The number of nitrogens with one attached hydrogen (secondary N) is 1. The molecule has 27 heavy (non-hydrogen) atoms. The van der Waals surface area contributed by atoms with Crippen molar-refractivity contribution in [3.8, 4) is 0 Å². The van der Waals surface area contributed by atoms with E-state index < -0.39 is 27.4 Å². The lowest BCUT2D eigenvalue weighted by Crippen LogP contribution is -2.55. The number of carboxylic acid groups (broad SMARTS) is 1. The number of methoxy groups -OCH3 is 1. The fraction of sp³-hybridized carbons (Fsp3) is 0.556. The second-order valence-corrected chi connectivity index (χ2v) is 8.84. The van der Waals surface area contributed by atoms with Crippen LogP contribution in [0.5, 0.6) is 0 Å². The topological polar surface area (TPSA) is 113 Å². The number of piperidine rings is 1. The molecule has 2 N–H and O–H groups in total. The Balaban J connectivity index is 2.04. The molecule has 150 valence electrons. The van der Waals surface area contributed by atoms with Crippen LogP contribution in [0, 0.1) is 0 Å². The SMILES string of the molecule is COCC(C)(NC(=O)Cc1ccc(S(=O)(=O)N2CCCCC2)cc1)C(=O)O. The highest BCUT2D eigenvalue weighted by Gasteiger charge is 2.35. The van der Waals surface area contributed by atoms with Gasteiger partial charge in [-0.05, 0) is 37.5 Å². The summed E-state index contributed by atoms with van der Waals surface area (Å²) < 4.78 is 31.6. The van der Waals surface area contributed by atoms with Gasteiger partial charge in [0.25, 0.3) is 0 Å². The van der Waals surface area contributed by atoms with E-state index in [4.69, 9.17) is 4.74 Å². The first-order valence-electron chi connectivity index (χ1n) is 8.81. The van der Waals surface area contributed by atoms with E-state index in [-0.39, 0.29) is 17.9 Å². The monoisotopic (exact) mass is 398 g/mol. The van der Waals surface area contributed by atoms with E-state index >= 15 is 0 Å².